The summed E-state index contributed by atoms with van der Waals surface area (Å²) in [7, 11) is 2.92. The summed E-state index contributed by atoms with van der Waals surface area (Å²) in [5.74, 6) is -1.66. The van der Waals surface area contributed by atoms with E-state index in [1.165, 1.54) is 26.5 Å². The van der Waals surface area contributed by atoms with Gasteiger partial charge in [-0.25, -0.2) is 0 Å². The van der Waals surface area contributed by atoms with E-state index < -0.39 is 23.7 Å². The zero-order chi connectivity index (χ0) is 20.6. The number of halogens is 1. The Morgan fingerprint density at radius 1 is 1.22 bits per heavy atom. The van der Waals surface area contributed by atoms with Crippen molar-refractivity contribution >= 4 is 33.9 Å². The quantitative estimate of drug-likeness (QED) is 0.258. The van der Waals surface area contributed by atoms with Gasteiger partial charge in [0.15, 0.2) is 11.7 Å². The summed E-state index contributed by atoms with van der Waals surface area (Å²) >= 11 is 3.33. The molecule has 0 fully saturated rings. The lowest BCUT2D eigenvalue weighted by Gasteiger charge is -2.17. The number of benzene rings is 1. The fraction of sp³-hybridized carbons (Fsp3) is 0.526. The van der Waals surface area contributed by atoms with Crippen LogP contribution in [-0.4, -0.2) is 56.5 Å². The van der Waals surface area contributed by atoms with E-state index in [9.17, 15) is 14.7 Å². The number of nitrogens with zero attached hydrogens (tertiary/aromatic N) is 1. The summed E-state index contributed by atoms with van der Waals surface area (Å²) in [6.45, 7) is 5.39. The number of methoxy groups -OCH3 is 2. The lowest BCUT2D eigenvalue weighted by molar-refractivity contribution is -0.143. The van der Waals surface area contributed by atoms with Gasteiger partial charge in [0.05, 0.1) is 43.5 Å². The molecule has 1 aromatic rings. The number of esters is 1. The van der Waals surface area contributed by atoms with Crippen molar-refractivity contribution < 1.29 is 28.9 Å². The van der Waals surface area contributed by atoms with Crippen molar-refractivity contribution in [1.29, 1.82) is 0 Å². The van der Waals surface area contributed by atoms with Crippen LogP contribution in [0.4, 0.5) is 0 Å². The molecule has 0 aromatic heterocycles. The Kier molecular flexibility index (Phi) is 9.45. The molecule has 1 N–H and O–H groups in total. The molecule has 0 spiro atoms. The Balaban J connectivity index is 3.34. The van der Waals surface area contributed by atoms with Crippen LogP contribution in [0, 0.1) is 11.8 Å². The summed E-state index contributed by atoms with van der Waals surface area (Å²) in [5, 5.41) is 9.43. The maximum absolute atomic E-state index is 13.1. The first-order valence-electron chi connectivity index (χ1n) is 8.57. The number of carbonyl (C=O) groups is 2. The third-order valence-electron chi connectivity index (χ3n) is 3.95. The number of ether oxygens (including phenoxy) is 3. The van der Waals surface area contributed by atoms with Gasteiger partial charge in [-0.3, -0.25) is 14.6 Å². The van der Waals surface area contributed by atoms with Gasteiger partial charge in [0.1, 0.15) is 11.5 Å². The lowest BCUT2D eigenvalue weighted by Crippen LogP contribution is -2.29. The Morgan fingerprint density at radius 2 is 1.85 bits per heavy atom. The average molecular weight is 444 g/mol. The Labute approximate surface area is 167 Å². The molecule has 7 nitrogen and oxygen atoms in total. The van der Waals surface area contributed by atoms with Gasteiger partial charge < -0.3 is 19.3 Å². The summed E-state index contributed by atoms with van der Waals surface area (Å²) in [4.78, 5) is 29.7. The van der Waals surface area contributed by atoms with Gasteiger partial charge in [-0.2, -0.15) is 0 Å². The number of aliphatic hydroxyl groups excluding tert-OH is 1. The van der Waals surface area contributed by atoms with Crippen LogP contribution >= 0.6 is 15.9 Å². The van der Waals surface area contributed by atoms with Gasteiger partial charge in [0.25, 0.3) is 0 Å². The van der Waals surface area contributed by atoms with Crippen molar-refractivity contribution in [1.82, 2.24) is 0 Å². The molecular formula is C19H26BrNO6. The number of Topliss-reactive ketones (excluding diaryl/α,β-unsaturated/α-hetero) is 1. The van der Waals surface area contributed by atoms with Crippen molar-refractivity contribution in [2.75, 3.05) is 27.4 Å². The largest absolute Gasteiger partial charge is 0.496 e. The van der Waals surface area contributed by atoms with E-state index in [2.05, 4.69) is 20.9 Å². The number of hydrogen-bond acceptors (Lipinski definition) is 7. The third-order valence-corrected chi connectivity index (χ3v) is 4.57. The van der Waals surface area contributed by atoms with E-state index in [0.29, 0.717) is 10.2 Å². The molecule has 0 amide bonds. The van der Waals surface area contributed by atoms with Crippen LogP contribution in [0.5, 0.6) is 11.5 Å². The first kappa shape index (κ1) is 23.1. The summed E-state index contributed by atoms with van der Waals surface area (Å²) in [5.41, 5.74) is 0.194. The molecule has 8 heteroatoms. The minimum atomic E-state index is -1.24. The minimum Gasteiger partial charge on any atom is -0.496 e. The normalized spacial score (nSPS) is 13.5. The summed E-state index contributed by atoms with van der Waals surface area (Å²) in [6, 6.07) is 2.67. The van der Waals surface area contributed by atoms with E-state index in [4.69, 9.17) is 14.2 Å². The first-order chi connectivity index (χ1) is 12.8. The summed E-state index contributed by atoms with van der Waals surface area (Å²) < 4.78 is 16.1. The van der Waals surface area contributed by atoms with E-state index in [0.717, 1.165) is 0 Å². The van der Waals surface area contributed by atoms with Gasteiger partial charge in [-0.1, -0.05) is 13.8 Å². The highest BCUT2D eigenvalue weighted by atomic mass is 79.9. The zero-order valence-corrected chi connectivity index (χ0v) is 17.8. The van der Waals surface area contributed by atoms with Crippen LogP contribution in [-0.2, 0) is 9.53 Å². The predicted molar refractivity (Wildman–Crippen MR) is 106 cm³/mol. The van der Waals surface area contributed by atoms with Crippen LogP contribution in [0.3, 0.4) is 0 Å². The lowest BCUT2D eigenvalue weighted by atomic mass is 9.97. The van der Waals surface area contributed by atoms with Gasteiger partial charge >= 0.3 is 5.97 Å². The second-order valence-electron chi connectivity index (χ2n) is 6.07. The molecule has 0 saturated heterocycles. The first-order valence-corrected chi connectivity index (χ1v) is 9.36. The van der Waals surface area contributed by atoms with E-state index in [1.54, 1.807) is 13.0 Å². The number of carbonyl (C=O) groups excluding carboxylic acids is 2. The highest BCUT2D eigenvalue weighted by Gasteiger charge is 2.30. The smallest absolute Gasteiger partial charge is 0.322 e. The second-order valence-corrected chi connectivity index (χ2v) is 6.93. The molecule has 0 bridgehead atoms. The molecule has 1 unspecified atom stereocenters. The number of ketones is 1. The molecular weight excluding hydrogens is 418 g/mol. The molecule has 2 atom stereocenters. The molecule has 150 valence electrons. The van der Waals surface area contributed by atoms with E-state index in [-0.39, 0.29) is 30.4 Å². The average Bonchev–Trinajstić information content (AvgIpc) is 2.64. The molecule has 1 aromatic carbocycles. The van der Waals surface area contributed by atoms with Crippen molar-refractivity contribution in [3.8, 4) is 11.5 Å². The SMILES string of the molecule is CCOC(=O)C(C=N[C@H](CO)C(C)C)C(=O)c1cc(Br)c(OC)cc1OC. The molecule has 0 aliphatic rings. The molecule has 27 heavy (non-hydrogen) atoms. The molecule has 0 aliphatic heterocycles. The van der Waals surface area contributed by atoms with Crippen LogP contribution < -0.4 is 9.47 Å². The van der Waals surface area contributed by atoms with Crippen molar-refractivity contribution in [2.24, 2.45) is 16.8 Å². The topological polar surface area (TPSA) is 94.4 Å². The zero-order valence-electron chi connectivity index (χ0n) is 16.2. The van der Waals surface area contributed by atoms with E-state index in [1.807, 2.05) is 13.8 Å². The van der Waals surface area contributed by atoms with Crippen LogP contribution in [0.15, 0.2) is 21.6 Å². The number of aliphatic hydroxyl groups is 1. The van der Waals surface area contributed by atoms with Crippen LogP contribution in [0.25, 0.3) is 0 Å². The monoisotopic (exact) mass is 443 g/mol. The Hall–Kier alpha value is -1.93. The number of rotatable bonds is 10. The van der Waals surface area contributed by atoms with Crippen LogP contribution in [0.1, 0.15) is 31.1 Å². The molecule has 0 saturated carbocycles. The Morgan fingerprint density at radius 3 is 2.33 bits per heavy atom. The number of aliphatic imine (C=N–C) groups is 1. The standard InChI is InChI=1S/C19H26BrNO6/c1-6-27-19(24)13(9-21-15(10-22)11(2)3)18(23)12-7-14(20)17(26-5)8-16(12)25-4/h7-9,11,13,15,22H,6,10H2,1-5H3/t13?,15-/m1/s1. The summed E-state index contributed by atoms with van der Waals surface area (Å²) in [6.07, 6.45) is 1.25. The number of hydrogen-bond donors (Lipinski definition) is 1. The van der Waals surface area contributed by atoms with Crippen molar-refractivity contribution in [3.63, 3.8) is 0 Å². The fourth-order valence-corrected chi connectivity index (χ4v) is 2.82. The van der Waals surface area contributed by atoms with Crippen LogP contribution in [0.2, 0.25) is 0 Å². The third kappa shape index (κ3) is 6.04. The highest BCUT2D eigenvalue weighted by molar-refractivity contribution is 9.10. The van der Waals surface area contributed by atoms with E-state index >= 15 is 0 Å². The van der Waals surface area contributed by atoms with Crippen molar-refractivity contribution in [2.45, 2.75) is 26.8 Å². The van der Waals surface area contributed by atoms with Gasteiger partial charge in [0, 0.05) is 12.3 Å². The Bertz CT molecular complexity index is 689. The highest BCUT2D eigenvalue weighted by Crippen LogP contribution is 2.34. The predicted octanol–water partition coefficient (Wildman–Crippen LogP) is 2.92. The minimum absolute atomic E-state index is 0.0499. The van der Waals surface area contributed by atoms with Crippen molar-refractivity contribution in [3.05, 3.63) is 22.2 Å². The molecule has 1 rings (SSSR count). The second kappa shape index (κ2) is 11.0. The molecule has 0 radical (unpaired) electrons. The van der Waals surface area contributed by atoms with Gasteiger partial charge in [0.2, 0.25) is 0 Å². The van der Waals surface area contributed by atoms with Gasteiger partial charge in [-0.15, -0.1) is 0 Å². The maximum atomic E-state index is 13.1. The maximum Gasteiger partial charge on any atom is 0.322 e. The fourth-order valence-electron chi connectivity index (χ4n) is 2.31. The molecule has 0 aliphatic carbocycles. The molecule has 0 heterocycles. The van der Waals surface area contributed by atoms with Gasteiger partial charge in [-0.05, 0) is 34.8 Å².